The summed E-state index contributed by atoms with van der Waals surface area (Å²) in [6.45, 7) is -2.76. The minimum absolute atomic E-state index is 0.128. The second-order valence-electron chi connectivity index (χ2n) is 4.55. The number of nitrogens with zero attached hydrogens (tertiary/aromatic N) is 2. The quantitative estimate of drug-likeness (QED) is 0.823. The molecule has 1 aliphatic rings. The molecule has 0 saturated carbocycles. The number of benzene rings is 2. The lowest BCUT2D eigenvalue weighted by atomic mass is 10.0. The number of aliphatic imine (C=N–C) groups is 1. The summed E-state index contributed by atoms with van der Waals surface area (Å²) in [5.41, 5.74) is 1.44. The van der Waals surface area contributed by atoms with Crippen LogP contribution in [0.5, 0.6) is 0 Å². The first-order valence-electron chi connectivity index (χ1n) is 7.74. The van der Waals surface area contributed by atoms with Gasteiger partial charge >= 0.3 is 0 Å². The molecule has 0 radical (unpaired) electrons. The van der Waals surface area contributed by atoms with E-state index in [0.717, 1.165) is 0 Å². The number of carbonyl (C=O) groups is 1. The Morgan fingerprint density at radius 2 is 2.05 bits per heavy atom. The Labute approximate surface area is 131 Å². The lowest BCUT2D eigenvalue weighted by Gasteiger charge is -2.18. The van der Waals surface area contributed by atoms with E-state index < -0.39 is 19.1 Å². The van der Waals surface area contributed by atoms with Crippen LogP contribution in [0.1, 0.15) is 15.2 Å². The van der Waals surface area contributed by atoms with Gasteiger partial charge in [-0.3, -0.25) is 4.79 Å². The van der Waals surface area contributed by atoms with E-state index in [1.807, 2.05) is 6.07 Å². The molecule has 0 spiro atoms. The zero-order chi connectivity index (χ0) is 17.5. The van der Waals surface area contributed by atoms with Crippen LogP contribution in [0.3, 0.4) is 0 Å². The Kier molecular flexibility index (Phi) is 2.67. The molecule has 0 saturated heterocycles. The van der Waals surface area contributed by atoms with E-state index in [1.165, 1.54) is 18.2 Å². The molecule has 1 N–H and O–H groups in total. The third-order valence-electron chi connectivity index (χ3n) is 3.19. The smallest absolute Gasteiger partial charge is 0.278 e. The van der Waals surface area contributed by atoms with Gasteiger partial charge in [0, 0.05) is 27.2 Å². The fourth-order valence-corrected chi connectivity index (χ4v) is 2.37. The number of carbonyl (C=O) groups excluding carboxylic acids is 1. The van der Waals surface area contributed by atoms with Gasteiger partial charge in [0.1, 0.15) is 0 Å². The highest BCUT2D eigenvalue weighted by atomic mass is 35.5. The van der Waals surface area contributed by atoms with E-state index in [-0.39, 0.29) is 5.69 Å². The number of rotatable bonds is 1. The summed E-state index contributed by atoms with van der Waals surface area (Å²) in [5, 5.41) is 10.5. The number of likely N-dealkylation sites (N-methyl/N-ethyl adjacent to an activating group) is 1. The zero-order valence-electron chi connectivity index (χ0n) is 13.8. The van der Waals surface area contributed by atoms with Crippen LogP contribution in [0, 0.1) is 0 Å². The highest BCUT2D eigenvalue weighted by Crippen LogP contribution is 2.29. The lowest BCUT2D eigenvalue weighted by molar-refractivity contribution is -0.125. The topological polar surface area (TPSA) is 52.9 Å². The van der Waals surface area contributed by atoms with Crippen molar-refractivity contribution in [3.05, 3.63) is 64.7 Å². The SMILES string of the molecule is [2H][13C]([2H])([2H])N1C(=O)C(O)N=C(c2ccccc2)c2cc(Cl)ccc21. The number of hydrogen-bond donors (Lipinski definition) is 1. The van der Waals surface area contributed by atoms with Gasteiger partial charge in [-0.15, -0.1) is 0 Å². The molecule has 1 amide bonds. The van der Waals surface area contributed by atoms with Gasteiger partial charge in [0.05, 0.1) is 11.4 Å². The number of aliphatic hydroxyl groups is 1. The number of halogens is 1. The number of aliphatic hydroxyl groups excluding tert-OH is 1. The highest BCUT2D eigenvalue weighted by molar-refractivity contribution is 6.32. The van der Waals surface area contributed by atoms with Crippen molar-refractivity contribution < 1.29 is 14.0 Å². The second-order valence-corrected chi connectivity index (χ2v) is 4.99. The van der Waals surface area contributed by atoms with Gasteiger partial charge in [0.25, 0.3) is 5.91 Å². The molecule has 0 bridgehead atoms. The van der Waals surface area contributed by atoms with Crippen molar-refractivity contribution in [3.8, 4) is 0 Å². The first kappa shape index (κ1) is 10.5. The number of amides is 1. The summed E-state index contributed by atoms with van der Waals surface area (Å²) in [6.07, 6.45) is -1.81. The molecule has 1 heterocycles. The highest BCUT2D eigenvalue weighted by Gasteiger charge is 2.28. The van der Waals surface area contributed by atoms with Gasteiger partial charge in [-0.25, -0.2) is 4.99 Å². The van der Waals surface area contributed by atoms with Crippen LogP contribution in [0.2, 0.25) is 5.02 Å². The van der Waals surface area contributed by atoms with Crippen LogP contribution in [-0.2, 0) is 4.79 Å². The zero-order valence-corrected chi connectivity index (χ0v) is 11.6. The Bertz CT molecular complexity index is 822. The number of hydrogen-bond acceptors (Lipinski definition) is 3. The van der Waals surface area contributed by atoms with Crippen molar-refractivity contribution in [2.75, 3.05) is 11.9 Å². The molecule has 21 heavy (non-hydrogen) atoms. The van der Waals surface area contributed by atoms with Crippen molar-refractivity contribution in [2.45, 2.75) is 6.23 Å². The predicted octanol–water partition coefficient (Wildman–Crippen LogP) is 2.47. The molecule has 0 aliphatic carbocycles. The van der Waals surface area contributed by atoms with Crippen LogP contribution in [-0.4, -0.2) is 29.9 Å². The molecule has 1 unspecified atom stereocenters. The number of fused-ring (bicyclic) bond motifs is 1. The van der Waals surface area contributed by atoms with E-state index in [4.69, 9.17) is 15.7 Å². The minimum atomic E-state index is -2.76. The van der Waals surface area contributed by atoms with Crippen molar-refractivity contribution in [1.82, 2.24) is 0 Å². The largest absolute Gasteiger partial charge is 0.364 e. The third kappa shape index (κ3) is 2.44. The van der Waals surface area contributed by atoms with Crippen LogP contribution in [0.4, 0.5) is 5.69 Å². The molecule has 5 heteroatoms. The maximum Gasteiger partial charge on any atom is 0.278 e. The Morgan fingerprint density at radius 1 is 1.29 bits per heavy atom. The van der Waals surface area contributed by atoms with Crippen LogP contribution < -0.4 is 4.90 Å². The fourth-order valence-electron chi connectivity index (χ4n) is 2.20. The Balaban J connectivity index is 2.30. The summed E-state index contributed by atoms with van der Waals surface area (Å²) in [5.74, 6) is -1.01. The Morgan fingerprint density at radius 3 is 2.76 bits per heavy atom. The van der Waals surface area contributed by atoms with Gasteiger partial charge < -0.3 is 10.0 Å². The summed E-state index contributed by atoms with van der Waals surface area (Å²) < 4.78 is 22.9. The molecule has 4 nitrogen and oxygen atoms in total. The molecular formula is C16H13ClN2O2. The summed E-state index contributed by atoms with van der Waals surface area (Å²) >= 11 is 6.06. The maximum absolute atomic E-state index is 12.4. The molecule has 1 atom stereocenters. The molecule has 1 aliphatic heterocycles. The fraction of sp³-hybridized carbons (Fsp3) is 0.125. The summed E-state index contributed by atoms with van der Waals surface area (Å²) in [4.78, 5) is 17.0. The van der Waals surface area contributed by atoms with Gasteiger partial charge in [-0.05, 0) is 18.2 Å². The van der Waals surface area contributed by atoms with E-state index in [0.29, 0.717) is 26.8 Å². The van der Waals surface area contributed by atoms with Crippen molar-refractivity contribution >= 4 is 28.9 Å². The monoisotopic (exact) mass is 304 g/mol. The standard InChI is InChI=1S/C16H13ClN2O2/c1-19-13-8-7-11(17)9-12(13)14(18-15(20)16(19)21)10-5-3-2-4-6-10/h2-9,15,20H,1H3/i1+1D3. The van der Waals surface area contributed by atoms with E-state index in [2.05, 4.69) is 4.99 Å². The molecule has 3 rings (SSSR count). The molecule has 2 aromatic carbocycles. The van der Waals surface area contributed by atoms with Crippen LogP contribution in [0.25, 0.3) is 0 Å². The van der Waals surface area contributed by atoms with Gasteiger partial charge in [-0.2, -0.15) is 0 Å². The first-order valence-corrected chi connectivity index (χ1v) is 6.62. The average molecular weight is 305 g/mol. The van der Waals surface area contributed by atoms with Gasteiger partial charge in [0.15, 0.2) is 0 Å². The van der Waals surface area contributed by atoms with Crippen molar-refractivity contribution in [2.24, 2.45) is 4.99 Å². The second kappa shape index (κ2) is 5.31. The van der Waals surface area contributed by atoms with Crippen LogP contribution >= 0.6 is 11.6 Å². The minimum Gasteiger partial charge on any atom is -0.364 e. The van der Waals surface area contributed by atoms with E-state index >= 15 is 0 Å². The third-order valence-corrected chi connectivity index (χ3v) is 3.43. The summed E-state index contributed by atoms with van der Waals surface area (Å²) in [6, 6.07) is 13.4. The normalized spacial score (nSPS) is 20.8. The Hall–Kier alpha value is -2.17. The van der Waals surface area contributed by atoms with Crippen molar-refractivity contribution in [1.29, 1.82) is 0 Å². The average Bonchev–Trinajstić information content (AvgIpc) is 2.63. The van der Waals surface area contributed by atoms with Gasteiger partial charge in [0.2, 0.25) is 6.23 Å². The molecular weight excluding hydrogens is 289 g/mol. The molecule has 2 aromatic rings. The number of anilines is 1. The predicted molar refractivity (Wildman–Crippen MR) is 82.9 cm³/mol. The molecule has 0 fully saturated rings. The molecule has 0 aromatic heterocycles. The first-order chi connectivity index (χ1) is 11.3. The summed E-state index contributed by atoms with van der Waals surface area (Å²) in [7, 11) is 0. The number of benzodiazepines with no additional fused rings is 1. The van der Waals surface area contributed by atoms with Crippen molar-refractivity contribution in [3.63, 3.8) is 0 Å². The van der Waals surface area contributed by atoms with Crippen LogP contribution in [0.15, 0.2) is 53.5 Å². The van der Waals surface area contributed by atoms with E-state index in [1.54, 1.807) is 24.3 Å². The van der Waals surface area contributed by atoms with Gasteiger partial charge in [-0.1, -0.05) is 41.9 Å². The van der Waals surface area contributed by atoms with E-state index in [9.17, 15) is 9.90 Å². The molecule has 106 valence electrons. The maximum atomic E-state index is 12.4. The lowest BCUT2D eigenvalue weighted by Crippen LogP contribution is -2.34.